The molecule has 0 saturated carbocycles. The Morgan fingerprint density at radius 3 is 1.82 bits per heavy atom. The van der Waals surface area contributed by atoms with Crippen molar-refractivity contribution >= 4 is 0 Å². The van der Waals surface area contributed by atoms with Crippen LogP contribution in [0.1, 0.15) is 71.1 Å². The molecule has 0 rings (SSSR count). The predicted molar refractivity (Wildman–Crippen MR) is 72.9 cm³/mol. The summed E-state index contributed by atoms with van der Waals surface area (Å²) in [4.78, 5) is 0. The summed E-state index contributed by atoms with van der Waals surface area (Å²) < 4.78 is 0. The van der Waals surface area contributed by atoms with Gasteiger partial charge in [-0.25, -0.2) is 0 Å². The highest BCUT2D eigenvalue weighted by Gasteiger charge is 2.11. The Balaban J connectivity index is 3.13. The third kappa shape index (κ3) is 10.7. The van der Waals surface area contributed by atoms with Crippen molar-refractivity contribution in [2.45, 2.75) is 83.3 Å². The lowest BCUT2D eigenvalue weighted by molar-refractivity contribution is 0.129. The smallest absolute Gasteiger partial charge is 0.0691 e. The van der Waals surface area contributed by atoms with E-state index >= 15 is 0 Å². The molecule has 0 saturated heterocycles. The summed E-state index contributed by atoms with van der Waals surface area (Å²) in [7, 11) is 0. The van der Waals surface area contributed by atoms with Gasteiger partial charge in [-0.15, -0.1) is 0 Å². The van der Waals surface area contributed by atoms with Crippen LogP contribution in [0.3, 0.4) is 0 Å². The van der Waals surface area contributed by atoms with Crippen LogP contribution in [0.5, 0.6) is 0 Å². The maximum Gasteiger partial charge on any atom is 0.0691 e. The maximum absolute atomic E-state index is 9.67. The van der Waals surface area contributed by atoms with Crippen molar-refractivity contribution in [3.8, 4) is 0 Å². The van der Waals surface area contributed by atoms with Crippen LogP contribution in [0, 0.1) is 0 Å². The Bertz CT molecular complexity index is 153. The molecule has 0 aromatic heterocycles. The van der Waals surface area contributed by atoms with Gasteiger partial charge in [-0.1, -0.05) is 51.9 Å². The highest BCUT2D eigenvalue weighted by atomic mass is 16.3. The molecule has 0 aliphatic carbocycles. The highest BCUT2D eigenvalue weighted by Crippen LogP contribution is 2.12. The standard InChI is InChI=1S/C14H31NO2/c1-2-13(15)14(17)11-9-7-5-3-4-6-8-10-12-16/h13-14,16-17H,2-12,15H2,1H3. The van der Waals surface area contributed by atoms with Crippen LogP contribution in [-0.2, 0) is 0 Å². The third-order valence-corrected chi connectivity index (χ3v) is 3.37. The van der Waals surface area contributed by atoms with E-state index in [2.05, 4.69) is 0 Å². The van der Waals surface area contributed by atoms with Gasteiger partial charge in [0.15, 0.2) is 0 Å². The molecule has 0 aromatic carbocycles. The van der Waals surface area contributed by atoms with Crippen molar-refractivity contribution in [1.82, 2.24) is 0 Å². The zero-order chi connectivity index (χ0) is 12.9. The molecule has 0 aliphatic heterocycles. The SMILES string of the molecule is CCC(N)C(O)CCCCCCCCCCO. The number of hydrogen-bond acceptors (Lipinski definition) is 3. The first kappa shape index (κ1) is 16.9. The molecule has 104 valence electrons. The van der Waals surface area contributed by atoms with E-state index in [1.807, 2.05) is 6.92 Å². The maximum atomic E-state index is 9.67. The molecule has 0 fully saturated rings. The molecule has 0 radical (unpaired) electrons. The first-order valence-corrected chi connectivity index (χ1v) is 7.26. The Hall–Kier alpha value is -0.120. The average molecular weight is 245 g/mol. The topological polar surface area (TPSA) is 66.5 Å². The van der Waals surface area contributed by atoms with Crippen molar-refractivity contribution in [2.75, 3.05) is 6.61 Å². The van der Waals surface area contributed by atoms with Gasteiger partial charge in [0.1, 0.15) is 0 Å². The lowest BCUT2D eigenvalue weighted by Gasteiger charge is -2.16. The van der Waals surface area contributed by atoms with Crippen LogP contribution < -0.4 is 5.73 Å². The average Bonchev–Trinajstić information content (AvgIpc) is 2.35. The summed E-state index contributed by atoms with van der Waals surface area (Å²) in [6.45, 7) is 2.34. The van der Waals surface area contributed by atoms with Crippen LogP contribution >= 0.6 is 0 Å². The summed E-state index contributed by atoms with van der Waals surface area (Å²) in [6.07, 6.45) is 10.8. The lowest BCUT2D eigenvalue weighted by Crippen LogP contribution is -2.33. The van der Waals surface area contributed by atoms with Gasteiger partial charge in [0.25, 0.3) is 0 Å². The van der Waals surface area contributed by atoms with E-state index in [1.54, 1.807) is 0 Å². The van der Waals surface area contributed by atoms with Crippen molar-refractivity contribution in [2.24, 2.45) is 5.73 Å². The Labute approximate surface area is 106 Å². The van der Waals surface area contributed by atoms with Gasteiger partial charge in [-0.2, -0.15) is 0 Å². The molecule has 17 heavy (non-hydrogen) atoms. The fourth-order valence-electron chi connectivity index (χ4n) is 2.01. The fourth-order valence-corrected chi connectivity index (χ4v) is 2.01. The molecule has 3 heteroatoms. The van der Waals surface area contributed by atoms with E-state index in [-0.39, 0.29) is 12.1 Å². The minimum atomic E-state index is -0.315. The molecule has 0 bridgehead atoms. The Morgan fingerprint density at radius 1 is 0.882 bits per heavy atom. The molecular weight excluding hydrogens is 214 g/mol. The monoisotopic (exact) mass is 245 g/mol. The minimum Gasteiger partial charge on any atom is -0.396 e. The third-order valence-electron chi connectivity index (χ3n) is 3.37. The number of rotatable bonds is 12. The van der Waals surface area contributed by atoms with Gasteiger partial charge in [-0.3, -0.25) is 0 Å². The van der Waals surface area contributed by atoms with E-state index in [4.69, 9.17) is 10.8 Å². The molecule has 2 unspecified atom stereocenters. The van der Waals surface area contributed by atoms with Crippen LogP contribution in [0.2, 0.25) is 0 Å². The second-order valence-electron chi connectivity index (χ2n) is 4.98. The van der Waals surface area contributed by atoms with Crippen molar-refractivity contribution in [1.29, 1.82) is 0 Å². The van der Waals surface area contributed by atoms with E-state index in [9.17, 15) is 5.11 Å². The molecule has 0 spiro atoms. The minimum absolute atomic E-state index is 0.0477. The summed E-state index contributed by atoms with van der Waals surface area (Å²) in [5, 5.41) is 18.3. The van der Waals surface area contributed by atoms with Crippen LogP contribution in [0.25, 0.3) is 0 Å². The molecule has 3 nitrogen and oxygen atoms in total. The number of aliphatic hydroxyl groups is 2. The van der Waals surface area contributed by atoms with Gasteiger partial charge >= 0.3 is 0 Å². The molecule has 0 heterocycles. The fraction of sp³-hybridized carbons (Fsp3) is 1.00. The number of aliphatic hydroxyl groups excluding tert-OH is 2. The van der Waals surface area contributed by atoms with Gasteiger partial charge in [0, 0.05) is 12.6 Å². The Kier molecular flexibility index (Phi) is 12.3. The van der Waals surface area contributed by atoms with Crippen molar-refractivity contribution in [3.05, 3.63) is 0 Å². The van der Waals surface area contributed by atoms with Crippen LogP contribution in [0.15, 0.2) is 0 Å². The largest absolute Gasteiger partial charge is 0.396 e. The molecule has 0 aromatic rings. The Morgan fingerprint density at radius 2 is 1.35 bits per heavy atom. The quantitative estimate of drug-likeness (QED) is 0.463. The first-order valence-electron chi connectivity index (χ1n) is 7.26. The van der Waals surface area contributed by atoms with Crippen LogP contribution in [0.4, 0.5) is 0 Å². The second-order valence-corrected chi connectivity index (χ2v) is 4.98. The number of unbranched alkanes of at least 4 members (excludes halogenated alkanes) is 7. The van der Waals surface area contributed by atoms with E-state index in [1.165, 1.54) is 32.1 Å². The summed E-state index contributed by atoms with van der Waals surface area (Å²) in [6, 6.07) is -0.0477. The molecule has 0 amide bonds. The van der Waals surface area contributed by atoms with Crippen molar-refractivity contribution in [3.63, 3.8) is 0 Å². The van der Waals surface area contributed by atoms with Crippen molar-refractivity contribution < 1.29 is 10.2 Å². The number of hydrogen-bond donors (Lipinski definition) is 3. The van der Waals surface area contributed by atoms with Crippen LogP contribution in [-0.4, -0.2) is 29.0 Å². The molecule has 2 atom stereocenters. The van der Waals surface area contributed by atoms with Gasteiger partial charge < -0.3 is 15.9 Å². The summed E-state index contributed by atoms with van der Waals surface area (Å²) in [5.74, 6) is 0. The van der Waals surface area contributed by atoms with E-state index < -0.39 is 0 Å². The van der Waals surface area contributed by atoms with E-state index in [0.717, 1.165) is 32.1 Å². The summed E-state index contributed by atoms with van der Waals surface area (Å²) >= 11 is 0. The zero-order valence-corrected chi connectivity index (χ0v) is 11.4. The zero-order valence-electron chi connectivity index (χ0n) is 11.4. The predicted octanol–water partition coefficient (Wildman–Crippen LogP) is 2.59. The molecule has 4 N–H and O–H groups in total. The highest BCUT2D eigenvalue weighted by molar-refractivity contribution is 4.69. The molecular formula is C14H31NO2. The first-order chi connectivity index (χ1) is 8.22. The van der Waals surface area contributed by atoms with Gasteiger partial charge in [-0.05, 0) is 19.3 Å². The van der Waals surface area contributed by atoms with E-state index in [0.29, 0.717) is 6.61 Å². The van der Waals surface area contributed by atoms with Gasteiger partial charge in [0.05, 0.1) is 6.10 Å². The second kappa shape index (κ2) is 12.3. The lowest BCUT2D eigenvalue weighted by atomic mass is 10.0. The summed E-state index contributed by atoms with van der Waals surface area (Å²) in [5.41, 5.74) is 5.75. The van der Waals surface area contributed by atoms with Gasteiger partial charge in [0.2, 0.25) is 0 Å². The number of nitrogens with two attached hydrogens (primary N) is 1. The normalized spacial score (nSPS) is 14.8. The molecule has 0 aliphatic rings.